The van der Waals surface area contributed by atoms with Crippen LogP contribution in [-0.4, -0.2) is 59.9 Å². The number of nitrogens with zero attached hydrogens (tertiary/aromatic N) is 4. The second kappa shape index (κ2) is 13.0. The lowest BCUT2D eigenvalue weighted by atomic mass is 10.1. The van der Waals surface area contributed by atoms with Gasteiger partial charge >= 0.3 is 0 Å². The minimum Gasteiger partial charge on any atom is -0.491 e. The fourth-order valence-corrected chi connectivity index (χ4v) is 6.46. The molecule has 0 spiro atoms. The summed E-state index contributed by atoms with van der Waals surface area (Å²) in [5.74, 6) is -0.314. The standard InChI is InChI=1S/C31H30Cl4N4O3/c32-22-4-9-27(30(35)16-22)31(20-38-11-10-36-21-38)41-19-25(42-31)18-40-24-7-5-23(6-8-24)39-14-12-37(13-15-39)17-26-28(33)2-1-3-29(26)34/h1-11,16,21,25H,12-15,17-20H2. The van der Waals surface area contributed by atoms with Crippen molar-refractivity contribution in [2.75, 3.05) is 44.3 Å². The highest BCUT2D eigenvalue weighted by Gasteiger charge is 2.45. The summed E-state index contributed by atoms with van der Waals surface area (Å²) in [7, 11) is 0. The number of aromatic nitrogens is 2. The smallest absolute Gasteiger partial charge is 0.215 e. The average Bonchev–Trinajstić information content (AvgIpc) is 3.65. The third-order valence-corrected chi connectivity index (χ3v) is 8.86. The molecule has 6 rings (SSSR count). The highest BCUT2D eigenvalue weighted by atomic mass is 35.5. The van der Waals surface area contributed by atoms with Crippen molar-refractivity contribution >= 4 is 52.1 Å². The van der Waals surface area contributed by atoms with Crippen LogP contribution in [0, 0.1) is 0 Å². The first-order chi connectivity index (χ1) is 20.4. The lowest BCUT2D eigenvalue weighted by Crippen LogP contribution is -2.46. The van der Waals surface area contributed by atoms with Crippen LogP contribution in [0.4, 0.5) is 5.69 Å². The van der Waals surface area contributed by atoms with Gasteiger partial charge in [-0.1, -0.05) is 58.5 Å². The molecule has 7 nitrogen and oxygen atoms in total. The number of rotatable bonds is 9. The van der Waals surface area contributed by atoms with Gasteiger partial charge in [-0.05, 0) is 48.5 Å². The molecule has 2 aliphatic rings. The van der Waals surface area contributed by atoms with Crippen molar-refractivity contribution in [1.29, 1.82) is 0 Å². The molecule has 4 aromatic rings. The van der Waals surface area contributed by atoms with Gasteiger partial charge in [0, 0.05) is 77.0 Å². The predicted molar refractivity (Wildman–Crippen MR) is 167 cm³/mol. The van der Waals surface area contributed by atoms with Crippen LogP contribution < -0.4 is 9.64 Å². The second-order valence-electron chi connectivity index (χ2n) is 10.4. The zero-order chi connectivity index (χ0) is 29.1. The summed E-state index contributed by atoms with van der Waals surface area (Å²) >= 11 is 25.5. The molecule has 3 heterocycles. The molecular weight excluding hydrogens is 618 g/mol. The van der Waals surface area contributed by atoms with Crippen molar-refractivity contribution in [2.45, 2.75) is 25.0 Å². The molecule has 0 bridgehead atoms. The van der Waals surface area contributed by atoms with Crippen LogP contribution in [-0.2, 0) is 28.4 Å². The molecule has 2 saturated heterocycles. The molecule has 0 radical (unpaired) electrons. The third-order valence-electron chi connectivity index (χ3n) is 7.60. The minimum atomic E-state index is -1.08. The van der Waals surface area contributed by atoms with Crippen molar-refractivity contribution < 1.29 is 14.2 Å². The Kier molecular flexibility index (Phi) is 9.17. The van der Waals surface area contributed by atoms with E-state index in [0.29, 0.717) is 45.4 Å². The Bertz CT molecular complexity index is 1480. The molecule has 2 atom stereocenters. The van der Waals surface area contributed by atoms with Crippen molar-refractivity contribution in [2.24, 2.45) is 0 Å². The van der Waals surface area contributed by atoms with E-state index in [9.17, 15) is 0 Å². The molecule has 2 unspecified atom stereocenters. The number of benzene rings is 3. The number of anilines is 1. The molecule has 0 amide bonds. The Labute approximate surface area is 265 Å². The predicted octanol–water partition coefficient (Wildman–Crippen LogP) is 7.17. The first-order valence-electron chi connectivity index (χ1n) is 13.7. The molecule has 0 saturated carbocycles. The molecule has 11 heteroatoms. The maximum atomic E-state index is 6.58. The van der Waals surface area contributed by atoms with Crippen LogP contribution in [0.15, 0.2) is 79.4 Å². The van der Waals surface area contributed by atoms with Crippen LogP contribution in [0.1, 0.15) is 11.1 Å². The van der Waals surface area contributed by atoms with Gasteiger partial charge in [0.15, 0.2) is 0 Å². The Morgan fingerprint density at radius 2 is 1.67 bits per heavy atom. The van der Waals surface area contributed by atoms with Gasteiger partial charge in [0.2, 0.25) is 5.79 Å². The minimum absolute atomic E-state index is 0.292. The van der Waals surface area contributed by atoms with E-state index < -0.39 is 5.79 Å². The highest BCUT2D eigenvalue weighted by Crippen LogP contribution is 2.40. The van der Waals surface area contributed by atoms with Crippen molar-refractivity contribution in [3.63, 3.8) is 0 Å². The monoisotopic (exact) mass is 646 g/mol. The van der Waals surface area contributed by atoms with Gasteiger partial charge in [-0.15, -0.1) is 0 Å². The van der Waals surface area contributed by atoms with E-state index >= 15 is 0 Å². The normalized spacial score (nSPS) is 21.1. The van der Waals surface area contributed by atoms with Gasteiger partial charge < -0.3 is 23.7 Å². The summed E-state index contributed by atoms with van der Waals surface area (Å²) in [4.78, 5) is 8.91. The Hall–Kier alpha value is -2.49. The summed E-state index contributed by atoms with van der Waals surface area (Å²) in [6.45, 7) is 5.52. The van der Waals surface area contributed by atoms with Crippen LogP contribution in [0.2, 0.25) is 20.1 Å². The van der Waals surface area contributed by atoms with Crippen LogP contribution in [0.25, 0.3) is 0 Å². The van der Waals surface area contributed by atoms with E-state index in [1.54, 1.807) is 24.7 Å². The zero-order valence-corrected chi connectivity index (χ0v) is 25.8. The van der Waals surface area contributed by atoms with Gasteiger partial charge in [-0.3, -0.25) is 4.90 Å². The van der Waals surface area contributed by atoms with Gasteiger partial charge in [0.05, 0.1) is 24.5 Å². The Morgan fingerprint density at radius 3 is 2.36 bits per heavy atom. The second-order valence-corrected chi connectivity index (χ2v) is 12.1. The van der Waals surface area contributed by atoms with Gasteiger partial charge in [-0.2, -0.15) is 0 Å². The number of ether oxygens (including phenoxy) is 3. The van der Waals surface area contributed by atoms with Crippen LogP contribution >= 0.6 is 46.4 Å². The fraction of sp³-hybridized carbons (Fsp3) is 0.323. The van der Waals surface area contributed by atoms with Gasteiger partial charge in [0.1, 0.15) is 18.5 Å². The summed E-state index contributed by atoms with van der Waals surface area (Å²) in [6, 6.07) is 19.2. The van der Waals surface area contributed by atoms with E-state index in [2.05, 4.69) is 26.9 Å². The zero-order valence-electron chi connectivity index (χ0n) is 22.8. The van der Waals surface area contributed by atoms with E-state index in [0.717, 1.165) is 49.7 Å². The van der Waals surface area contributed by atoms with E-state index in [1.807, 2.05) is 47.2 Å². The Balaban J connectivity index is 1.04. The van der Waals surface area contributed by atoms with Crippen LogP contribution in [0.5, 0.6) is 5.75 Å². The first-order valence-corrected chi connectivity index (χ1v) is 15.3. The van der Waals surface area contributed by atoms with Crippen molar-refractivity contribution in [1.82, 2.24) is 14.5 Å². The number of hydrogen-bond acceptors (Lipinski definition) is 6. The summed E-state index contributed by atoms with van der Waals surface area (Å²) in [5.41, 5.74) is 2.86. The lowest BCUT2D eigenvalue weighted by Gasteiger charge is -2.36. The van der Waals surface area contributed by atoms with E-state index in [-0.39, 0.29) is 6.10 Å². The lowest BCUT2D eigenvalue weighted by molar-refractivity contribution is -0.189. The molecule has 2 fully saturated rings. The highest BCUT2D eigenvalue weighted by molar-refractivity contribution is 6.36. The molecule has 3 aromatic carbocycles. The van der Waals surface area contributed by atoms with E-state index in [4.69, 9.17) is 60.6 Å². The summed E-state index contributed by atoms with van der Waals surface area (Å²) in [5, 5.41) is 2.46. The topological polar surface area (TPSA) is 52.0 Å². The van der Waals surface area contributed by atoms with E-state index in [1.165, 1.54) is 0 Å². The molecule has 1 aromatic heterocycles. The fourth-order valence-electron chi connectivity index (χ4n) is 5.39. The molecule has 2 aliphatic heterocycles. The number of imidazole rings is 1. The maximum absolute atomic E-state index is 6.58. The first kappa shape index (κ1) is 29.6. The quantitative estimate of drug-likeness (QED) is 0.192. The number of hydrogen-bond donors (Lipinski definition) is 0. The molecule has 0 N–H and O–H groups in total. The largest absolute Gasteiger partial charge is 0.491 e. The van der Waals surface area contributed by atoms with Crippen molar-refractivity contribution in [3.8, 4) is 5.75 Å². The molecule has 220 valence electrons. The molecule has 42 heavy (non-hydrogen) atoms. The maximum Gasteiger partial charge on any atom is 0.215 e. The Morgan fingerprint density at radius 1 is 0.905 bits per heavy atom. The third kappa shape index (κ3) is 6.68. The number of piperazine rings is 1. The average molecular weight is 648 g/mol. The summed E-state index contributed by atoms with van der Waals surface area (Å²) in [6.07, 6.45) is 5.00. The SMILES string of the molecule is Clc1ccc(C2(Cn3ccnc3)OCC(COc3ccc(N4CCN(Cc5c(Cl)cccc5Cl)CC4)cc3)O2)c(Cl)c1. The summed E-state index contributed by atoms with van der Waals surface area (Å²) < 4.78 is 20.8. The van der Waals surface area contributed by atoms with Gasteiger partial charge in [-0.25, -0.2) is 4.98 Å². The molecule has 0 aliphatic carbocycles. The molecular formula is C31H30Cl4N4O3. The van der Waals surface area contributed by atoms with Crippen molar-refractivity contribution in [3.05, 3.63) is 111 Å². The van der Waals surface area contributed by atoms with Crippen LogP contribution in [0.3, 0.4) is 0 Å². The number of halogens is 4. The van der Waals surface area contributed by atoms with Gasteiger partial charge in [0.25, 0.3) is 0 Å².